The summed E-state index contributed by atoms with van der Waals surface area (Å²) in [7, 11) is 0. The molecule has 2 nitrogen and oxygen atoms in total. The van der Waals surface area contributed by atoms with Gasteiger partial charge in [-0.25, -0.2) is 0 Å². The Hall–Kier alpha value is -0.860. The molecule has 1 aliphatic heterocycles. The van der Waals surface area contributed by atoms with Gasteiger partial charge in [0, 0.05) is 30.7 Å². The third-order valence-corrected chi connectivity index (χ3v) is 4.36. The van der Waals surface area contributed by atoms with Gasteiger partial charge in [0.1, 0.15) is 0 Å². The molecule has 1 aliphatic carbocycles. The molecule has 2 atom stereocenters. The SMILES string of the molecule is CC1CN(C2(C)CC2)C(c2ccccc2)CN1. The van der Waals surface area contributed by atoms with E-state index >= 15 is 0 Å². The molecular weight excluding hydrogens is 208 g/mol. The van der Waals surface area contributed by atoms with Crippen LogP contribution in [0.25, 0.3) is 0 Å². The fourth-order valence-electron chi connectivity index (χ4n) is 2.95. The maximum atomic E-state index is 3.62. The van der Waals surface area contributed by atoms with Crippen LogP contribution in [0.15, 0.2) is 30.3 Å². The van der Waals surface area contributed by atoms with Crippen LogP contribution in [0.2, 0.25) is 0 Å². The Balaban J connectivity index is 1.86. The molecule has 0 radical (unpaired) electrons. The first kappa shape index (κ1) is 11.2. The van der Waals surface area contributed by atoms with Crippen LogP contribution in [0.3, 0.4) is 0 Å². The third-order valence-electron chi connectivity index (χ3n) is 4.36. The molecule has 2 fully saturated rings. The van der Waals surface area contributed by atoms with Crippen molar-refractivity contribution in [3.8, 4) is 0 Å². The molecule has 17 heavy (non-hydrogen) atoms. The van der Waals surface area contributed by atoms with E-state index < -0.39 is 0 Å². The number of hydrogen-bond acceptors (Lipinski definition) is 2. The van der Waals surface area contributed by atoms with Gasteiger partial charge in [0.15, 0.2) is 0 Å². The number of benzene rings is 1. The second kappa shape index (κ2) is 4.11. The minimum atomic E-state index is 0.469. The first-order chi connectivity index (χ1) is 8.19. The Morgan fingerprint density at radius 2 is 1.94 bits per heavy atom. The van der Waals surface area contributed by atoms with Crippen LogP contribution < -0.4 is 5.32 Å². The van der Waals surface area contributed by atoms with Gasteiger partial charge in [-0.2, -0.15) is 0 Å². The summed E-state index contributed by atoms with van der Waals surface area (Å²) in [6.07, 6.45) is 2.73. The summed E-state index contributed by atoms with van der Waals surface area (Å²) in [6.45, 7) is 6.97. The summed E-state index contributed by atoms with van der Waals surface area (Å²) < 4.78 is 0. The Labute approximate surface area is 104 Å². The summed E-state index contributed by atoms with van der Waals surface area (Å²) in [6, 6.07) is 12.1. The molecule has 0 aromatic heterocycles. The molecule has 0 amide bonds. The van der Waals surface area contributed by atoms with E-state index in [0.29, 0.717) is 17.6 Å². The Morgan fingerprint density at radius 1 is 1.24 bits per heavy atom. The predicted octanol–water partition coefficient (Wildman–Crippen LogP) is 2.57. The van der Waals surface area contributed by atoms with Gasteiger partial charge in [-0.15, -0.1) is 0 Å². The zero-order valence-corrected chi connectivity index (χ0v) is 10.8. The van der Waals surface area contributed by atoms with Gasteiger partial charge >= 0.3 is 0 Å². The van der Waals surface area contributed by atoms with Crippen LogP contribution >= 0.6 is 0 Å². The smallest absolute Gasteiger partial charge is 0.0478 e. The van der Waals surface area contributed by atoms with Crippen molar-refractivity contribution in [2.24, 2.45) is 0 Å². The van der Waals surface area contributed by atoms with Crippen molar-refractivity contribution in [2.75, 3.05) is 13.1 Å². The average molecular weight is 230 g/mol. The minimum absolute atomic E-state index is 0.469. The van der Waals surface area contributed by atoms with Gasteiger partial charge in [0.05, 0.1) is 0 Å². The second-order valence-electron chi connectivity index (χ2n) is 5.89. The maximum absolute atomic E-state index is 3.62. The van der Waals surface area contributed by atoms with E-state index in [0.717, 1.165) is 6.54 Å². The molecule has 2 heteroatoms. The van der Waals surface area contributed by atoms with Crippen LogP contribution in [0.5, 0.6) is 0 Å². The van der Waals surface area contributed by atoms with Crippen LogP contribution in [0.1, 0.15) is 38.3 Å². The molecule has 1 saturated heterocycles. The maximum Gasteiger partial charge on any atom is 0.0478 e. The number of nitrogens with zero attached hydrogens (tertiary/aromatic N) is 1. The fraction of sp³-hybridized carbons (Fsp3) is 0.600. The number of nitrogens with one attached hydrogen (secondary N) is 1. The monoisotopic (exact) mass is 230 g/mol. The van der Waals surface area contributed by atoms with Gasteiger partial charge in [0.25, 0.3) is 0 Å². The van der Waals surface area contributed by atoms with Crippen LogP contribution in [-0.2, 0) is 0 Å². The Morgan fingerprint density at radius 3 is 2.59 bits per heavy atom. The van der Waals surface area contributed by atoms with Crippen molar-refractivity contribution < 1.29 is 0 Å². The lowest BCUT2D eigenvalue weighted by Gasteiger charge is -2.43. The fourth-order valence-corrected chi connectivity index (χ4v) is 2.95. The number of hydrogen-bond donors (Lipinski definition) is 1. The summed E-state index contributed by atoms with van der Waals surface area (Å²) >= 11 is 0. The Kier molecular flexibility index (Phi) is 2.72. The first-order valence-corrected chi connectivity index (χ1v) is 6.74. The van der Waals surface area contributed by atoms with Gasteiger partial charge in [0.2, 0.25) is 0 Å². The molecule has 2 unspecified atom stereocenters. The molecule has 3 rings (SSSR count). The predicted molar refractivity (Wildman–Crippen MR) is 71.0 cm³/mol. The molecule has 1 saturated carbocycles. The molecular formula is C15H22N2. The summed E-state index contributed by atoms with van der Waals surface area (Å²) in [5.41, 5.74) is 1.93. The summed E-state index contributed by atoms with van der Waals surface area (Å²) in [5.74, 6) is 0. The van der Waals surface area contributed by atoms with Crippen molar-refractivity contribution in [2.45, 2.75) is 44.3 Å². The molecule has 1 N–H and O–H groups in total. The number of piperazine rings is 1. The summed E-state index contributed by atoms with van der Waals surface area (Å²) in [5, 5.41) is 3.62. The van der Waals surface area contributed by atoms with E-state index in [1.165, 1.54) is 24.9 Å². The van der Waals surface area contributed by atoms with Crippen molar-refractivity contribution >= 4 is 0 Å². The zero-order chi connectivity index (χ0) is 11.9. The van der Waals surface area contributed by atoms with E-state index in [2.05, 4.69) is 54.4 Å². The van der Waals surface area contributed by atoms with E-state index in [4.69, 9.17) is 0 Å². The van der Waals surface area contributed by atoms with Crippen LogP contribution in [0, 0.1) is 0 Å². The van der Waals surface area contributed by atoms with E-state index in [1.807, 2.05) is 0 Å². The lowest BCUT2D eigenvalue weighted by molar-refractivity contribution is 0.0798. The lowest BCUT2D eigenvalue weighted by Crippen LogP contribution is -2.54. The molecule has 92 valence electrons. The van der Waals surface area contributed by atoms with Crippen LogP contribution in [-0.4, -0.2) is 29.6 Å². The van der Waals surface area contributed by atoms with Crippen molar-refractivity contribution in [3.63, 3.8) is 0 Å². The zero-order valence-electron chi connectivity index (χ0n) is 10.8. The standard InChI is InChI=1S/C15H22N2/c1-12-11-17(15(2)8-9-15)14(10-16-12)13-6-4-3-5-7-13/h3-7,12,14,16H,8-11H2,1-2H3. The minimum Gasteiger partial charge on any atom is -0.311 e. The molecule has 0 spiro atoms. The van der Waals surface area contributed by atoms with E-state index in [1.54, 1.807) is 0 Å². The topological polar surface area (TPSA) is 15.3 Å². The molecule has 1 aromatic carbocycles. The molecule has 2 aliphatic rings. The molecule has 0 bridgehead atoms. The number of rotatable bonds is 2. The highest BCUT2D eigenvalue weighted by atomic mass is 15.3. The molecule has 1 aromatic rings. The highest BCUT2D eigenvalue weighted by Crippen LogP contribution is 2.46. The van der Waals surface area contributed by atoms with Crippen molar-refractivity contribution in [1.82, 2.24) is 10.2 Å². The van der Waals surface area contributed by atoms with Gasteiger partial charge in [-0.3, -0.25) is 4.90 Å². The lowest BCUT2D eigenvalue weighted by atomic mass is 9.99. The summed E-state index contributed by atoms with van der Waals surface area (Å²) in [4.78, 5) is 2.73. The third kappa shape index (κ3) is 2.12. The normalized spacial score (nSPS) is 32.4. The van der Waals surface area contributed by atoms with Crippen molar-refractivity contribution in [1.29, 1.82) is 0 Å². The van der Waals surface area contributed by atoms with Gasteiger partial charge in [-0.1, -0.05) is 30.3 Å². The quantitative estimate of drug-likeness (QED) is 0.840. The van der Waals surface area contributed by atoms with Gasteiger partial charge in [-0.05, 0) is 32.3 Å². The highest BCUT2D eigenvalue weighted by molar-refractivity contribution is 5.22. The van der Waals surface area contributed by atoms with Crippen LogP contribution in [0.4, 0.5) is 0 Å². The molecule has 1 heterocycles. The first-order valence-electron chi connectivity index (χ1n) is 6.74. The Bertz CT molecular complexity index is 383. The van der Waals surface area contributed by atoms with Gasteiger partial charge < -0.3 is 5.32 Å². The average Bonchev–Trinajstić information content (AvgIpc) is 3.10. The highest BCUT2D eigenvalue weighted by Gasteiger charge is 2.47. The van der Waals surface area contributed by atoms with Crippen molar-refractivity contribution in [3.05, 3.63) is 35.9 Å². The van der Waals surface area contributed by atoms with E-state index in [-0.39, 0.29) is 0 Å². The van der Waals surface area contributed by atoms with E-state index in [9.17, 15) is 0 Å². The second-order valence-corrected chi connectivity index (χ2v) is 5.89. The largest absolute Gasteiger partial charge is 0.311 e.